The van der Waals surface area contributed by atoms with Crippen molar-refractivity contribution in [2.24, 2.45) is 0 Å². The summed E-state index contributed by atoms with van der Waals surface area (Å²) in [5, 5.41) is 7.55. The number of methoxy groups -OCH3 is 1. The maximum atomic E-state index is 13.2. The Morgan fingerprint density at radius 2 is 1.86 bits per heavy atom. The van der Waals surface area contributed by atoms with Gasteiger partial charge >= 0.3 is 0 Å². The number of nitrogens with zero attached hydrogens (tertiary/aromatic N) is 3. The van der Waals surface area contributed by atoms with E-state index in [0.29, 0.717) is 35.4 Å². The van der Waals surface area contributed by atoms with E-state index in [2.05, 4.69) is 15.4 Å². The molecule has 0 unspecified atom stereocenters. The lowest BCUT2D eigenvalue weighted by Gasteiger charge is -2.09. The molecule has 2 heterocycles. The molecule has 0 saturated heterocycles. The summed E-state index contributed by atoms with van der Waals surface area (Å²) >= 11 is 0. The van der Waals surface area contributed by atoms with Gasteiger partial charge in [0.1, 0.15) is 5.75 Å². The number of hydrogen-bond acceptors (Lipinski definition) is 6. The van der Waals surface area contributed by atoms with Crippen LogP contribution in [-0.2, 0) is 6.54 Å². The number of para-hydroxylation sites is 1. The predicted octanol–water partition coefficient (Wildman–Crippen LogP) is 3.85. The fraction of sp³-hybridized carbons (Fsp3) is 0.0952. The first kappa shape index (κ1) is 17.5. The lowest BCUT2D eigenvalue weighted by molar-refractivity contribution is 0.0944. The fourth-order valence-corrected chi connectivity index (χ4v) is 2.79. The molecule has 4 aromatic rings. The molecule has 7 nitrogen and oxygen atoms in total. The molecule has 0 radical (unpaired) electrons. The number of rotatable bonds is 6. The van der Waals surface area contributed by atoms with Gasteiger partial charge in [0, 0.05) is 6.54 Å². The van der Waals surface area contributed by atoms with Gasteiger partial charge in [-0.2, -0.15) is 9.67 Å². The van der Waals surface area contributed by atoms with Crippen LogP contribution in [0.5, 0.6) is 5.75 Å². The second-order valence-corrected chi connectivity index (χ2v) is 5.99. The van der Waals surface area contributed by atoms with Gasteiger partial charge in [-0.15, -0.1) is 5.10 Å². The van der Waals surface area contributed by atoms with Crippen molar-refractivity contribution in [2.75, 3.05) is 12.4 Å². The van der Waals surface area contributed by atoms with Crippen LogP contribution >= 0.6 is 0 Å². The molecule has 2 aromatic heterocycles. The average Bonchev–Trinajstić information content (AvgIpc) is 3.42. The van der Waals surface area contributed by atoms with E-state index >= 15 is 0 Å². The third-order valence-corrected chi connectivity index (χ3v) is 4.17. The van der Waals surface area contributed by atoms with Crippen LogP contribution in [0.3, 0.4) is 0 Å². The van der Waals surface area contributed by atoms with E-state index in [1.165, 1.54) is 18.1 Å². The minimum absolute atomic E-state index is 0.323. The van der Waals surface area contributed by atoms with E-state index in [9.17, 15) is 4.79 Å². The highest BCUT2D eigenvalue weighted by Gasteiger charge is 2.22. The Bertz CT molecular complexity index is 1070. The summed E-state index contributed by atoms with van der Waals surface area (Å²) in [7, 11) is 1.52. The van der Waals surface area contributed by atoms with E-state index in [1.807, 2.05) is 30.3 Å². The average molecular weight is 374 g/mol. The maximum Gasteiger partial charge on any atom is 0.285 e. The van der Waals surface area contributed by atoms with Gasteiger partial charge in [-0.05, 0) is 29.8 Å². The highest BCUT2D eigenvalue weighted by molar-refractivity contribution is 5.99. The van der Waals surface area contributed by atoms with Crippen LogP contribution in [0, 0.1) is 0 Å². The topological polar surface area (TPSA) is 82.2 Å². The van der Waals surface area contributed by atoms with Crippen molar-refractivity contribution in [1.82, 2.24) is 14.8 Å². The zero-order valence-corrected chi connectivity index (χ0v) is 15.2. The van der Waals surface area contributed by atoms with Crippen molar-refractivity contribution in [3.63, 3.8) is 0 Å². The molecule has 0 aliphatic carbocycles. The number of anilines is 1. The Hall–Kier alpha value is -3.87. The van der Waals surface area contributed by atoms with Crippen molar-refractivity contribution in [1.29, 1.82) is 0 Å². The molecule has 4 rings (SSSR count). The lowest BCUT2D eigenvalue weighted by Crippen LogP contribution is -2.18. The van der Waals surface area contributed by atoms with Gasteiger partial charge in [-0.3, -0.25) is 4.79 Å². The number of hydrogen-bond donors (Lipinski definition) is 1. The monoisotopic (exact) mass is 374 g/mol. The summed E-state index contributed by atoms with van der Waals surface area (Å²) in [4.78, 5) is 17.6. The molecular formula is C21H18N4O3. The molecule has 0 aliphatic heterocycles. The van der Waals surface area contributed by atoms with E-state index < -0.39 is 0 Å². The predicted molar refractivity (Wildman–Crippen MR) is 104 cm³/mol. The molecule has 0 atom stereocenters. The molecule has 28 heavy (non-hydrogen) atoms. The highest BCUT2D eigenvalue weighted by atomic mass is 16.5. The van der Waals surface area contributed by atoms with E-state index in [0.717, 1.165) is 5.56 Å². The largest absolute Gasteiger partial charge is 0.496 e. The van der Waals surface area contributed by atoms with Crippen molar-refractivity contribution in [3.8, 4) is 17.3 Å². The SMILES string of the molecule is COc1ccccc1C(=O)n1nc(-c2ccco2)nc1NCc1ccccc1. The lowest BCUT2D eigenvalue weighted by atomic mass is 10.2. The van der Waals surface area contributed by atoms with Crippen molar-refractivity contribution in [2.45, 2.75) is 6.54 Å². The number of carbonyl (C=O) groups is 1. The Kier molecular flexibility index (Phi) is 4.88. The Morgan fingerprint density at radius 1 is 1.07 bits per heavy atom. The quantitative estimate of drug-likeness (QED) is 0.552. The molecule has 140 valence electrons. The third-order valence-electron chi connectivity index (χ3n) is 4.17. The molecule has 0 fully saturated rings. The number of benzene rings is 2. The van der Waals surface area contributed by atoms with E-state index in [4.69, 9.17) is 9.15 Å². The zero-order chi connectivity index (χ0) is 19.3. The number of furan rings is 1. The first-order chi connectivity index (χ1) is 13.8. The van der Waals surface area contributed by atoms with Crippen LogP contribution in [0.25, 0.3) is 11.6 Å². The molecule has 2 aromatic carbocycles. The molecule has 0 amide bonds. The summed E-state index contributed by atoms with van der Waals surface area (Å²) in [5.41, 5.74) is 1.45. The molecule has 0 spiro atoms. The van der Waals surface area contributed by atoms with Crippen LogP contribution in [0.15, 0.2) is 77.4 Å². The van der Waals surface area contributed by atoms with Gasteiger partial charge in [-0.25, -0.2) is 0 Å². The standard InChI is InChI=1S/C21H18N4O3/c1-27-17-11-6-5-10-16(17)20(26)25-21(22-14-15-8-3-2-4-9-15)23-19(24-25)18-12-7-13-28-18/h2-13H,14H2,1H3,(H,22,23,24). The minimum Gasteiger partial charge on any atom is -0.496 e. The Balaban J connectivity index is 1.71. The van der Waals surface area contributed by atoms with Crippen molar-refractivity contribution in [3.05, 3.63) is 84.1 Å². The Morgan fingerprint density at radius 3 is 2.61 bits per heavy atom. The third kappa shape index (κ3) is 3.50. The van der Waals surface area contributed by atoms with Crippen LogP contribution < -0.4 is 10.1 Å². The minimum atomic E-state index is -0.349. The molecule has 0 aliphatic rings. The van der Waals surface area contributed by atoms with Crippen molar-refractivity contribution >= 4 is 11.9 Å². The van der Waals surface area contributed by atoms with Gasteiger partial charge in [0.2, 0.25) is 11.8 Å². The first-order valence-corrected chi connectivity index (χ1v) is 8.72. The second kappa shape index (κ2) is 7.79. The van der Waals surface area contributed by atoms with Crippen LogP contribution in [0.4, 0.5) is 5.95 Å². The molecule has 0 saturated carbocycles. The van der Waals surface area contributed by atoms with E-state index in [1.54, 1.807) is 36.4 Å². The van der Waals surface area contributed by atoms with Gasteiger partial charge < -0.3 is 14.5 Å². The summed E-state index contributed by atoms with van der Waals surface area (Å²) in [6.45, 7) is 0.496. The first-order valence-electron chi connectivity index (χ1n) is 8.72. The Labute approximate surface area is 161 Å². The molecule has 0 bridgehead atoms. The van der Waals surface area contributed by atoms with Gasteiger partial charge in [0.15, 0.2) is 5.76 Å². The van der Waals surface area contributed by atoms with Crippen LogP contribution in [-0.4, -0.2) is 27.8 Å². The highest BCUT2D eigenvalue weighted by Crippen LogP contribution is 2.23. The van der Waals surface area contributed by atoms with Crippen LogP contribution in [0.1, 0.15) is 15.9 Å². The summed E-state index contributed by atoms with van der Waals surface area (Å²) in [5.74, 6) is 1.25. The number of aromatic nitrogens is 3. The summed E-state index contributed by atoms with van der Waals surface area (Å²) in [6, 6.07) is 20.3. The number of ether oxygens (including phenoxy) is 1. The second-order valence-electron chi connectivity index (χ2n) is 5.99. The molecule has 1 N–H and O–H groups in total. The normalized spacial score (nSPS) is 10.6. The number of nitrogens with one attached hydrogen (secondary N) is 1. The van der Waals surface area contributed by atoms with Crippen LogP contribution in [0.2, 0.25) is 0 Å². The zero-order valence-electron chi connectivity index (χ0n) is 15.2. The van der Waals surface area contributed by atoms with Gasteiger partial charge in [0.25, 0.3) is 5.91 Å². The summed E-state index contributed by atoms with van der Waals surface area (Å²) in [6.07, 6.45) is 1.54. The van der Waals surface area contributed by atoms with Crippen molar-refractivity contribution < 1.29 is 13.9 Å². The molecular weight excluding hydrogens is 356 g/mol. The van der Waals surface area contributed by atoms with E-state index in [-0.39, 0.29) is 5.91 Å². The number of carbonyl (C=O) groups excluding carboxylic acids is 1. The fourth-order valence-electron chi connectivity index (χ4n) is 2.79. The smallest absolute Gasteiger partial charge is 0.285 e. The summed E-state index contributed by atoms with van der Waals surface area (Å²) < 4.78 is 11.9. The van der Waals surface area contributed by atoms with Gasteiger partial charge in [-0.1, -0.05) is 42.5 Å². The molecule has 7 heteroatoms. The maximum absolute atomic E-state index is 13.2. The van der Waals surface area contributed by atoms with Gasteiger partial charge in [0.05, 0.1) is 18.9 Å².